The summed E-state index contributed by atoms with van der Waals surface area (Å²) >= 11 is 0. The molecular formula is C55H47N. The van der Waals surface area contributed by atoms with Gasteiger partial charge in [0.2, 0.25) is 0 Å². The van der Waals surface area contributed by atoms with Crippen LogP contribution in [0.5, 0.6) is 0 Å². The zero-order valence-corrected chi connectivity index (χ0v) is 32.4. The highest BCUT2D eigenvalue weighted by atomic mass is 15.1. The first-order valence-electron chi connectivity index (χ1n) is 21.0. The van der Waals surface area contributed by atoms with Gasteiger partial charge in [-0.3, -0.25) is 0 Å². The van der Waals surface area contributed by atoms with Crippen molar-refractivity contribution in [1.29, 1.82) is 0 Å². The van der Waals surface area contributed by atoms with Gasteiger partial charge in [-0.2, -0.15) is 0 Å². The predicted octanol–water partition coefficient (Wildman–Crippen LogP) is 14.5. The first-order valence-corrected chi connectivity index (χ1v) is 21.0. The molecule has 1 heteroatoms. The Morgan fingerprint density at radius 3 is 1.64 bits per heavy atom. The van der Waals surface area contributed by atoms with Crippen molar-refractivity contribution >= 4 is 17.1 Å². The minimum Gasteiger partial charge on any atom is -0.310 e. The highest BCUT2D eigenvalue weighted by Gasteiger charge is 2.61. The lowest BCUT2D eigenvalue weighted by Gasteiger charge is -2.61. The van der Waals surface area contributed by atoms with Gasteiger partial charge in [0.25, 0.3) is 0 Å². The fraction of sp³-hybridized carbons (Fsp3) is 0.236. The molecule has 0 aliphatic heterocycles. The highest BCUT2D eigenvalue weighted by Crippen LogP contribution is 2.69. The van der Waals surface area contributed by atoms with Crippen molar-refractivity contribution in [1.82, 2.24) is 0 Å². The molecule has 7 aromatic carbocycles. The van der Waals surface area contributed by atoms with E-state index in [1.165, 1.54) is 99.1 Å². The van der Waals surface area contributed by atoms with Crippen LogP contribution in [0.3, 0.4) is 0 Å². The Bertz CT molecular complexity index is 2650. The molecule has 4 bridgehead atoms. The molecule has 4 fully saturated rings. The van der Waals surface area contributed by atoms with E-state index in [0.717, 1.165) is 29.4 Å². The second kappa shape index (κ2) is 11.9. The normalized spacial score (nSPS) is 24.1. The molecule has 0 heterocycles. The minimum atomic E-state index is -0.0782. The van der Waals surface area contributed by atoms with Gasteiger partial charge in [0.15, 0.2) is 0 Å². The molecule has 0 radical (unpaired) electrons. The molecule has 0 unspecified atom stereocenters. The standard InChI is InChI=1S/C55H47N/c1-54(2)50-17-8-6-15-46(50)48-26-24-45(34-52(48)54)56(44-14-10-13-39(32-44)37-11-4-3-5-12-37)43-22-19-38(20-23-43)40-21-25-49-47-16-7-9-18-51(47)55(53(49)33-40)41-28-35-27-36(30-41)31-42(55)29-35/h3-26,32-36,41-42H,27-31H2,1-2H3. The molecule has 7 aromatic rings. The van der Waals surface area contributed by atoms with Crippen molar-refractivity contribution in [2.24, 2.45) is 23.7 Å². The van der Waals surface area contributed by atoms with Gasteiger partial charge in [-0.25, -0.2) is 0 Å². The molecule has 0 N–H and O–H groups in total. The smallest absolute Gasteiger partial charge is 0.0467 e. The Labute approximate surface area is 331 Å². The monoisotopic (exact) mass is 721 g/mol. The molecular weight excluding hydrogens is 675 g/mol. The van der Waals surface area contributed by atoms with E-state index >= 15 is 0 Å². The number of nitrogens with zero attached hydrogens (tertiary/aromatic N) is 1. The van der Waals surface area contributed by atoms with Crippen LogP contribution in [0.15, 0.2) is 164 Å². The minimum absolute atomic E-state index is 0.0782. The fourth-order valence-electron chi connectivity index (χ4n) is 12.9. The van der Waals surface area contributed by atoms with Crippen LogP contribution in [0.4, 0.5) is 17.1 Å². The Kier molecular flexibility index (Phi) is 6.93. The van der Waals surface area contributed by atoms with Crippen LogP contribution in [-0.2, 0) is 10.8 Å². The number of hydrogen-bond acceptors (Lipinski definition) is 1. The predicted molar refractivity (Wildman–Crippen MR) is 233 cm³/mol. The van der Waals surface area contributed by atoms with E-state index in [9.17, 15) is 0 Å². The number of fused-ring (bicyclic) bond motifs is 6. The van der Waals surface area contributed by atoms with E-state index < -0.39 is 0 Å². The molecule has 0 amide bonds. The van der Waals surface area contributed by atoms with Gasteiger partial charge >= 0.3 is 0 Å². The Hall–Kier alpha value is -5.66. The van der Waals surface area contributed by atoms with Crippen LogP contribution in [0.2, 0.25) is 0 Å². The van der Waals surface area contributed by atoms with Crippen molar-refractivity contribution in [3.05, 3.63) is 186 Å². The lowest BCUT2D eigenvalue weighted by Crippen LogP contribution is -2.55. The topological polar surface area (TPSA) is 3.24 Å². The van der Waals surface area contributed by atoms with E-state index in [1.54, 1.807) is 11.1 Å². The lowest BCUT2D eigenvalue weighted by atomic mass is 9.43. The van der Waals surface area contributed by atoms with E-state index in [0.29, 0.717) is 0 Å². The third kappa shape index (κ3) is 4.55. The molecule has 272 valence electrons. The molecule has 6 aliphatic carbocycles. The summed E-state index contributed by atoms with van der Waals surface area (Å²) in [6.45, 7) is 4.75. The molecule has 0 atom stereocenters. The largest absolute Gasteiger partial charge is 0.310 e. The molecule has 56 heavy (non-hydrogen) atoms. The molecule has 0 aromatic heterocycles. The zero-order valence-electron chi connectivity index (χ0n) is 32.4. The summed E-state index contributed by atoms with van der Waals surface area (Å²) < 4.78 is 0. The van der Waals surface area contributed by atoms with Crippen molar-refractivity contribution in [3.8, 4) is 44.5 Å². The van der Waals surface area contributed by atoms with Crippen LogP contribution in [0.1, 0.15) is 68.2 Å². The quantitative estimate of drug-likeness (QED) is 0.171. The molecule has 0 saturated heterocycles. The van der Waals surface area contributed by atoms with Crippen molar-refractivity contribution < 1.29 is 0 Å². The summed E-state index contributed by atoms with van der Waals surface area (Å²) in [4.78, 5) is 2.46. The van der Waals surface area contributed by atoms with Crippen LogP contribution in [0.25, 0.3) is 44.5 Å². The SMILES string of the molecule is CC1(C)c2ccccc2-c2ccc(N(c3ccc(-c4ccc5c(c4)C4(c6ccccc6-5)C5CC6CC(C5)CC4C6)cc3)c3cccc(-c4ccccc4)c3)cc21. The van der Waals surface area contributed by atoms with Gasteiger partial charge in [-0.15, -0.1) is 0 Å². The average Bonchev–Trinajstić information content (AvgIpc) is 3.65. The highest BCUT2D eigenvalue weighted by molar-refractivity contribution is 5.88. The number of hydrogen-bond donors (Lipinski definition) is 0. The van der Waals surface area contributed by atoms with Gasteiger partial charge < -0.3 is 4.90 Å². The number of anilines is 3. The Morgan fingerprint density at radius 2 is 0.893 bits per heavy atom. The maximum atomic E-state index is 2.62. The Balaban J connectivity index is 0.966. The summed E-state index contributed by atoms with van der Waals surface area (Å²) in [5.74, 6) is 3.42. The van der Waals surface area contributed by atoms with Crippen LogP contribution >= 0.6 is 0 Å². The third-order valence-corrected chi connectivity index (χ3v) is 15.0. The van der Waals surface area contributed by atoms with E-state index in [4.69, 9.17) is 0 Å². The van der Waals surface area contributed by atoms with Crippen LogP contribution < -0.4 is 4.90 Å². The van der Waals surface area contributed by atoms with Gasteiger partial charge in [-0.05, 0) is 165 Å². The lowest BCUT2D eigenvalue weighted by molar-refractivity contribution is -0.0399. The average molecular weight is 722 g/mol. The Morgan fingerprint density at radius 1 is 0.375 bits per heavy atom. The van der Waals surface area contributed by atoms with Crippen molar-refractivity contribution in [2.45, 2.75) is 56.8 Å². The summed E-state index contributed by atoms with van der Waals surface area (Å²) in [5, 5.41) is 0. The second-order valence-electron chi connectivity index (χ2n) is 18.2. The molecule has 4 saturated carbocycles. The first kappa shape index (κ1) is 32.6. The number of rotatable bonds is 5. The summed E-state index contributed by atoms with van der Waals surface area (Å²) in [6.07, 6.45) is 7.12. The second-order valence-corrected chi connectivity index (χ2v) is 18.2. The van der Waals surface area contributed by atoms with E-state index in [2.05, 4.69) is 183 Å². The van der Waals surface area contributed by atoms with Gasteiger partial charge in [0, 0.05) is 27.9 Å². The third-order valence-electron chi connectivity index (χ3n) is 15.0. The summed E-state index contributed by atoms with van der Waals surface area (Å²) in [7, 11) is 0. The number of benzene rings is 7. The van der Waals surface area contributed by atoms with Gasteiger partial charge in [0.05, 0.1) is 0 Å². The van der Waals surface area contributed by atoms with Crippen LogP contribution in [-0.4, -0.2) is 0 Å². The zero-order chi connectivity index (χ0) is 37.2. The van der Waals surface area contributed by atoms with Crippen molar-refractivity contribution in [2.75, 3.05) is 4.90 Å². The van der Waals surface area contributed by atoms with Crippen molar-refractivity contribution in [3.63, 3.8) is 0 Å². The molecule has 6 aliphatic rings. The van der Waals surface area contributed by atoms with Gasteiger partial charge in [-0.1, -0.05) is 135 Å². The van der Waals surface area contributed by atoms with E-state index in [1.807, 2.05) is 0 Å². The summed E-state index contributed by atoms with van der Waals surface area (Å²) in [6, 6.07) is 62.2. The van der Waals surface area contributed by atoms with Gasteiger partial charge in [0.1, 0.15) is 0 Å². The molecule has 1 spiro atoms. The van der Waals surface area contributed by atoms with E-state index in [-0.39, 0.29) is 10.8 Å². The maximum Gasteiger partial charge on any atom is 0.0467 e. The fourth-order valence-corrected chi connectivity index (χ4v) is 12.9. The summed E-state index contributed by atoms with van der Waals surface area (Å²) in [5.41, 5.74) is 20.4. The maximum absolute atomic E-state index is 2.62. The molecule has 1 nitrogen and oxygen atoms in total. The van der Waals surface area contributed by atoms with Crippen LogP contribution in [0, 0.1) is 23.7 Å². The first-order chi connectivity index (χ1) is 27.5. The molecule has 13 rings (SSSR count).